The fourth-order valence-corrected chi connectivity index (χ4v) is 2.66. The Balaban J connectivity index is 1.60. The number of carbonyl (C=O) groups is 1. The molecule has 0 aliphatic carbocycles. The Morgan fingerprint density at radius 2 is 2.08 bits per heavy atom. The molecule has 0 saturated heterocycles. The summed E-state index contributed by atoms with van der Waals surface area (Å²) >= 11 is 0. The number of fused-ring (bicyclic) bond motifs is 1. The normalized spacial score (nSPS) is 11.1. The smallest absolute Gasteiger partial charge is 0.316 e. The van der Waals surface area contributed by atoms with Crippen LogP contribution in [0.2, 0.25) is 0 Å². The summed E-state index contributed by atoms with van der Waals surface area (Å²) in [6, 6.07) is 9.42. The molecule has 0 spiro atoms. The maximum atomic E-state index is 12.1. The first-order chi connectivity index (χ1) is 12.1. The van der Waals surface area contributed by atoms with Crippen molar-refractivity contribution in [2.45, 2.75) is 20.4 Å². The van der Waals surface area contributed by atoms with E-state index in [4.69, 9.17) is 13.4 Å². The summed E-state index contributed by atoms with van der Waals surface area (Å²) in [6.45, 7) is 4.14. The van der Waals surface area contributed by atoms with Gasteiger partial charge >= 0.3 is 11.8 Å². The summed E-state index contributed by atoms with van der Waals surface area (Å²) in [5.74, 6) is 0.782. The van der Waals surface area contributed by atoms with Gasteiger partial charge < -0.3 is 18.7 Å². The molecule has 0 saturated carbocycles. The first-order valence-electron chi connectivity index (χ1n) is 7.77. The number of nitrogens with one attached hydrogen (secondary N) is 1. The minimum absolute atomic E-state index is 0.127. The summed E-state index contributed by atoms with van der Waals surface area (Å²) in [4.78, 5) is 16.3. The van der Waals surface area contributed by atoms with E-state index >= 15 is 0 Å². The molecule has 0 fully saturated rings. The van der Waals surface area contributed by atoms with E-state index in [1.54, 1.807) is 18.4 Å². The molecule has 1 amide bonds. The molecule has 3 heterocycles. The quantitative estimate of drug-likeness (QED) is 0.611. The summed E-state index contributed by atoms with van der Waals surface area (Å²) in [7, 11) is 0. The van der Waals surface area contributed by atoms with Crippen molar-refractivity contribution in [3.63, 3.8) is 0 Å². The maximum Gasteiger partial charge on any atom is 0.316 e. The molecule has 0 bridgehead atoms. The minimum atomic E-state index is -0.472. The molecule has 0 atom stereocenters. The number of amides is 1. The topological polar surface area (TPSA) is 94.3 Å². The number of carbonyl (C=O) groups excluding carboxylic acids is 1. The Kier molecular flexibility index (Phi) is 3.61. The monoisotopic (exact) mass is 337 g/mol. The molecule has 1 aromatic carbocycles. The average Bonchev–Trinajstić information content (AvgIpc) is 3.33. The summed E-state index contributed by atoms with van der Waals surface area (Å²) < 4.78 is 16.1. The first-order valence-corrected chi connectivity index (χ1v) is 7.77. The van der Waals surface area contributed by atoms with Gasteiger partial charge in [-0.25, -0.2) is 0 Å². The SMILES string of the molecule is Cc1c(-c2noc(C(=O)NCc3ccco3)n2)oc2c(C)cccc12. The lowest BCUT2D eigenvalue weighted by Crippen LogP contribution is -2.22. The fourth-order valence-electron chi connectivity index (χ4n) is 2.66. The van der Waals surface area contributed by atoms with E-state index in [9.17, 15) is 4.79 Å². The second-order valence-electron chi connectivity index (χ2n) is 5.69. The van der Waals surface area contributed by atoms with Crippen molar-refractivity contribution in [2.75, 3.05) is 0 Å². The van der Waals surface area contributed by atoms with Gasteiger partial charge in [0, 0.05) is 10.9 Å². The molecular formula is C18H15N3O4. The Hall–Kier alpha value is -3.35. The largest absolute Gasteiger partial charge is 0.467 e. The lowest BCUT2D eigenvalue weighted by molar-refractivity contribution is 0.0904. The van der Waals surface area contributed by atoms with Crippen LogP contribution in [0.5, 0.6) is 0 Å². The van der Waals surface area contributed by atoms with E-state index in [2.05, 4.69) is 15.5 Å². The van der Waals surface area contributed by atoms with Gasteiger partial charge in [0.15, 0.2) is 5.76 Å². The Morgan fingerprint density at radius 3 is 2.84 bits per heavy atom. The maximum absolute atomic E-state index is 12.1. The number of para-hydroxylation sites is 1. The van der Waals surface area contributed by atoms with Gasteiger partial charge in [0.25, 0.3) is 0 Å². The highest BCUT2D eigenvalue weighted by Crippen LogP contribution is 2.32. The molecule has 7 nitrogen and oxygen atoms in total. The predicted octanol–water partition coefficient (Wildman–Crippen LogP) is 3.62. The van der Waals surface area contributed by atoms with Crippen LogP contribution in [0.3, 0.4) is 0 Å². The third-order valence-corrected chi connectivity index (χ3v) is 3.99. The van der Waals surface area contributed by atoms with Crippen LogP contribution in [-0.2, 0) is 6.54 Å². The number of rotatable bonds is 4. The molecule has 0 radical (unpaired) electrons. The van der Waals surface area contributed by atoms with Crippen LogP contribution in [0.15, 0.2) is 50.0 Å². The predicted molar refractivity (Wildman–Crippen MR) is 88.9 cm³/mol. The zero-order chi connectivity index (χ0) is 17.4. The number of hydrogen-bond acceptors (Lipinski definition) is 6. The number of hydrogen-bond donors (Lipinski definition) is 1. The van der Waals surface area contributed by atoms with E-state index in [1.165, 1.54) is 0 Å². The number of aromatic nitrogens is 2. The number of benzene rings is 1. The second-order valence-corrected chi connectivity index (χ2v) is 5.69. The van der Waals surface area contributed by atoms with Crippen LogP contribution in [0.1, 0.15) is 27.6 Å². The zero-order valence-electron chi connectivity index (χ0n) is 13.7. The van der Waals surface area contributed by atoms with Crippen molar-refractivity contribution in [3.8, 4) is 11.6 Å². The van der Waals surface area contributed by atoms with Gasteiger partial charge in [-0.1, -0.05) is 23.4 Å². The van der Waals surface area contributed by atoms with Gasteiger partial charge in [-0.2, -0.15) is 4.98 Å². The van der Waals surface area contributed by atoms with E-state index in [1.807, 2.05) is 32.0 Å². The fraction of sp³-hybridized carbons (Fsp3) is 0.167. The number of aryl methyl sites for hydroxylation is 2. The van der Waals surface area contributed by atoms with Gasteiger partial charge in [-0.05, 0) is 31.5 Å². The Morgan fingerprint density at radius 1 is 1.20 bits per heavy atom. The van der Waals surface area contributed by atoms with Gasteiger partial charge in [-0.15, -0.1) is 0 Å². The molecule has 3 aromatic heterocycles. The van der Waals surface area contributed by atoms with Crippen molar-refractivity contribution in [1.82, 2.24) is 15.5 Å². The highest BCUT2D eigenvalue weighted by Gasteiger charge is 2.21. The van der Waals surface area contributed by atoms with Gasteiger partial charge in [0.2, 0.25) is 5.82 Å². The van der Waals surface area contributed by atoms with Crippen LogP contribution in [-0.4, -0.2) is 16.0 Å². The highest BCUT2D eigenvalue weighted by molar-refractivity contribution is 5.91. The molecule has 0 aliphatic heterocycles. The van der Waals surface area contributed by atoms with Gasteiger partial charge in [0.05, 0.1) is 12.8 Å². The van der Waals surface area contributed by atoms with E-state index in [-0.39, 0.29) is 18.3 Å². The van der Waals surface area contributed by atoms with Crippen molar-refractivity contribution < 1.29 is 18.2 Å². The lowest BCUT2D eigenvalue weighted by Gasteiger charge is -1.97. The van der Waals surface area contributed by atoms with Crippen LogP contribution in [0, 0.1) is 13.8 Å². The van der Waals surface area contributed by atoms with Crippen molar-refractivity contribution >= 4 is 16.9 Å². The molecular weight excluding hydrogens is 322 g/mol. The van der Waals surface area contributed by atoms with Crippen LogP contribution in [0.4, 0.5) is 0 Å². The van der Waals surface area contributed by atoms with Crippen molar-refractivity contribution in [1.29, 1.82) is 0 Å². The van der Waals surface area contributed by atoms with Crippen LogP contribution in [0.25, 0.3) is 22.6 Å². The highest BCUT2D eigenvalue weighted by atomic mass is 16.5. The number of furan rings is 2. The summed E-state index contributed by atoms with van der Waals surface area (Å²) in [5.41, 5.74) is 2.71. The molecule has 126 valence electrons. The second kappa shape index (κ2) is 5.94. The molecule has 0 unspecified atom stereocenters. The summed E-state index contributed by atoms with van der Waals surface area (Å²) in [6.07, 6.45) is 1.54. The van der Waals surface area contributed by atoms with Gasteiger partial charge in [-0.3, -0.25) is 4.79 Å². The van der Waals surface area contributed by atoms with Crippen molar-refractivity contribution in [3.05, 3.63) is 59.4 Å². The van der Waals surface area contributed by atoms with Crippen LogP contribution >= 0.6 is 0 Å². The van der Waals surface area contributed by atoms with Crippen LogP contribution < -0.4 is 5.32 Å². The third kappa shape index (κ3) is 2.69. The molecule has 0 aliphatic rings. The third-order valence-electron chi connectivity index (χ3n) is 3.99. The molecule has 4 aromatic rings. The molecule has 4 rings (SSSR count). The standard InChI is InChI=1S/C18H15N3O4/c1-10-5-3-7-13-11(2)15(24-14(10)13)16-20-18(25-21-16)17(22)19-9-12-6-4-8-23-12/h3-8H,9H2,1-2H3,(H,19,22). The average molecular weight is 337 g/mol. The van der Waals surface area contributed by atoms with E-state index in [0.29, 0.717) is 11.5 Å². The molecule has 7 heteroatoms. The molecule has 25 heavy (non-hydrogen) atoms. The van der Waals surface area contributed by atoms with E-state index in [0.717, 1.165) is 22.1 Å². The zero-order valence-corrected chi connectivity index (χ0v) is 13.7. The first kappa shape index (κ1) is 15.2. The molecule has 1 N–H and O–H groups in total. The van der Waals surface area contributed by atoms with E-state index < -0.39 is 5.91 Å². The Bertz CT molecular complexity index is 1040. The lowest BCUT2D eigenvalue weighted by atomic mass is 10.1. The summed E-state index contributed by atoms with van der Waals surface area (Å²) in [5, 5.41) is 7.52. The van der Waals surface area contributed by atoms with Crippen molar-refractivity contribution in [2.24, 2.45) is 0 Å². The minimum Gasteiger partial charge on any atom is -0.467 e. The van der Waals surface area contributed by atoms with Gasteiger partial charge in [0.1, 0.15) is 11.3 Å². The Labute approximate surface area is 142 Å². The number of nitrogens with zero attached hydrogens (tertiary/aromatic N) is 2.